The number of amides is 2. The van der Waals surface area contributed by atoms with Crippen LogP contribution in [-0.2, 0) is 16.0 Å². The maximum absolute atomic E-state index is 11.9. The Labute approximate surface area is 110 Å². The normalized spacial score (nSPS) is 11.7. The van der Waals surface area contributed by atoms with Crippen molar-refractivity contribution in [3.63, 3.8) is 0 Å². The number of nitrogens with one attached hydrogen (secondary N) is 1. The second kappa shape index (κ2) is 6.03. The molecule has 19 heavy (non-hydrogen) atoms. The summed E-state index contributed by atoms with van der Waals surface area (Å²) in [5.41, 5.74) is 0.126. The molecule has 1 aromatic rings. The molecule has 0 saturated heterocycles. The number of aliphatic carboxylic acids is 1. The number of rotatable bonds is 5. The molecule has 0 bridgehead atoms. The van der Waals surface area contributed by atoms with Gasteiger partial charge in [-0.05, 0) is 13.0 Å². The van der Waals surface area contributed by atoms with Gasteiger partial charge in [-0.15, -0.1) is 0 Å². The van der Waals surface area contributed by atoms with Crippen LogP contribution in [0.4, 0.5) is 0 Å². The Morgan fingerprint density at radius 3 is 2.58 bits per heavy atom. The van der Waals surface area contributed by atoms with Crippen LogP contribution in [0.3, 0.4) is 0 Å². The van der Waals surface area contributed by atoms with Gasteiger partial charge >= 0.3 is 5.97 Å². The summed E-state index contributed by atoms with van der Waals surface area (Å²) >= 11 is 0. The highest BCUT2D eigenvalue weighted by atomic mass is 16.4. The number of carbonyl (C=O) groups is 3. The molecule has 2 amide bonds. The highest BCUT2D eigenvalue weighted by Gasteiger charge is 2.22. The molecule has 0 radical (unpaired) electrons. The molecule has 1 rings (SSSR count). The Balaban J connectivity index is 2.76. The van der Waals surface area contributed by atoms with E-state index in [2.05, 4.69) is 5.32 Å². The second-order valence-electron chi connectivity index (χ2n) is 4.26. The minimum absolute atomic E-state index is 0.0644. The van der Waals surface area contributed by atoms with Crippen molar-refractivity contribution in [1.82, 2.24) is 10.2 Å². The standard InChI is InChI=1S/C12H16N2O5/c1-7(12(18)14(2)3)13-11(17)8-4-5-19-9(8)6-10(15)16/h4-5,7H,6H2,1-3H3,(H,13,17)(H,15,16). The van der Waals surface area contributed by atoms with Gasteiger partial charge in [-0.1, -0.05) is 0 Å². The van der Waals surface area contributed by atoms with Gasteiger partial charge < -0.3 is 19.7 Å². The van der Waals surface area contributed by atoms with Gasteiger partial charge in [0.1, 0.15) is 18.2 Å². The van der Waals surface area contributed by atoms with Crippen molar-refractivity contribution in [3.05, 3.63) is 23.7 Å². The molecular weight excluding hydrogens is 252 g/mol. The second-order valence-corrected chi connectivity index (χ2v) is 4.26. The number of carboxylic acid groups (broad SMARTS) is 1. The van der Waals surface area contributed by atoms with Gasteiger partial charge in [-0.3, -0.25) is 14.4 Å². The van der Waals surface area contributed by atoms with E-state index in [9.17, 15) is 14.4 Å². The lowest BCUT2D eigenvalue weighted by atomic mass is 10.1. The third-order valence-electron chi connectivity index (χ3n) is 2.46. The minimum Gasteiger partial charge on any atom is -0.481 e. The molecule has 0 aromatic carbocycles. The van der Waals surface area contributed by atoms with Gasteiger partial charge in [-0.2, -0.15) is 0 Å². The summed E-state index contributed by atoms with van der Waals surface area (Å²) in [6.07, 6.45) is 0.859. The Hall–Kier alpha value is -2.31. The molecule has 0 aliphatic carbocycles. The van der Waals surface area contributed by atoms with Crippen LogP contribution in [0.25, 0.3) is 0 Å². The largest absolute Gasteiger partial charge is 0.481 e. The van der Waals surface area contributed by atoms with Crippen LogP contribution in [0.2, 0.25) is 0 Å². The average Bonchev–Trinajstić information content (AvgIpc) is 2.74. The van der Waals surface area contributed by atoms with Gasteiger partial charge in [0.15, 0.2) is 0 Å². The number of carbonyl (C=O) groups excluding carboxylic acids is 2. The molecule has 0 aliphatic heterocycles. The molecule has 1 heterocycles. The van der Waals surface area contributed by atoms with E-state index in [0.29, 0.717) is 0 Å². The van der Waals surface area contributed by atoms with E-state index >= 15 is 0 Å². The van der Waals surface area contributed by atoms with Crippen LogP contribution in [0.5, 0.6) is 0 Å². The first kappa shape index (κ1) is 14.7. The van der Waals surface area contributed by atoms with Gasteiger partial charge in [0.05, 0.1) is 11.8 Å². The summed E-state index contributed by atoms with van der Waals surface area (Å²) in [4.78, 5) is 35.5. The molecule has 0 saturated carbocycles. The van der Waals surface area contributed by atoms with Crippen LogP contribution < -0.4 is 5.32 Å². The fourth-order valence-electron chi connectivity index (χ4n) is 1.54. The van der Waals surface area contributed by atoms with E-state index in [0.717, 1.165) is 0 Å². The Morgan fingerprint density at radius 1 is 1.42 bits per heavy atom. The van der Waals surface area contributed by atoms with Crippen molar-refractivity contribution in [2.24, 2.45) is 0 Å². The van der Waals surface area contributed by atoms with Gasteiger partial charge in [0.25, 0.3) is 5.91 Å². The molecule has 0 spiro atoms. The highest BCUT2D eigenvalue weighted by molar-refractivity contribution is 5.98. The topological polar surface area (TPSA) is 99.9 Å². The van der Waals surface area contributed by atoms with Crippen molar-refractivity contribution < 1.29 is 23.9 Å². The molecule has 7 heteroatoms. The molecule has 1 aromatic heterocycles. The van der Waals surface area contributed by atoms with Crippen molar-refractivity contribution in [3.8, 4) is 0 Å². The SMILES string of the molecule is CC(NC(=O)c1ccoc1CC(=O)O)C(=O)N(C)C. The van der Waals surface area contributed by atoms with Crippen molar-refractivity contribution in [1.29, 1.82) is 0 Å². The zero-order valence-electron chi connectivity index (χ0n) is 11.0. The van der Waals surface area contributed by atoms with E-state index in [1.807, 2.05) is 0 Å². The predicted molar refractivity (Wildman–Crippen MR) is 65.7 cm³/mol. The van der Waals surface area contributed by atoms with E-state index in [1.165, 1.54) is 17.2 Å². The number of furan rings is 1. The molecule has 104 valence electrons. The summed E-state index contributed by atoms with van der Waals surface area (Å²) in [7, 11) is 3.16. The van der Waals surface area contributed by atoms with E-state index < -0.39 is 17.9 Å². The number of likely N-dealkylation sites (N-methyl/N-ethyl adjacent to an activating group) is 1. The monoisotopic (exact) mass is 268 g/mol. The first-order chi connectivity index (χ1) is 8.82. The first-order valence-electron chi connectivity index (χ1n) is 5.63. The molecular formula is C12H16N2O5. The smallest absolute Gasteiger partial charge is 0.311 e. The third kappa shape index (κ3) is 3.84. The fourth-order valence-corrected chi connectivity index (χ4v) is 1.54. The van der Waals surface area contributed by atoms with Gasteiger partial charge in [-0.25, -0.2) is 0 Å². The molecule has 2 N–H and O–H groups in total. The number of carboxylic acids is 1. The van der Waals surface area contributed by atoms with E-state index in [-0.39, 0.29) is 23.7 Å². The molecule has 0 fully saturated rings. The van der Waals surface area contributed by atoms with E-state index in [1.54, 1.807) is 21.0 Å². The molecule has 1 unspecified atom stereocenters. The zero-order chi connectivity index (χ0) is 14.6. The molecule has 1 atom stereocenters. The van der Waals surface area contributed by atoms with Crippen LogP contribution in [0.15, 0.2) is 16.7 Å². The molecule has 7 nitrogen and oxygen atoms in total. The third-order valence-corrected chi connectivity index (χ3v) is 2.46. The minimum atomic E-state index is -1.10. The van der Waals surface area contributed by atoms with Crippen LogP contribution in [0, 0.1) is 0 Å². The van der Waals surface area contributed by atoms with Gasteiger partial charge in [0, 0.05) is 14.1 Å². The lowest BCUT2D eigenvalue weighted by Crippen LogP contribution is -2.44. The van der Waals surface area contributed by atoms with Crippen molar-refractivity contribution in [2.75, 3.05) is 14.1 Å². The Bertz CT molecular complexity index is 492. The summed E-state index contributed by atoms with van der Waals surface area (Å²) in [5.74, 6) is -1.82. The zero-order valence-corrected chi connectivity index (χ0v) is 11.0. The summed E-state index contributed by atoms with van der Waals surface area (Å²) in [5, 5.41) is 11.2. The lowest BCUT2D eigenvalue weighted by Gasteiger charge is -2.17. The summed E-state index contributed by atoms with van der Waals surface area (Å²) in [6, 6.07) is 0.676. The average molecular weight is 268 g/mol. The number of hydrogen-bond acceptors (Lipinski definition) is 4. The fraction of sp³-hybridized carbons (Fsp3) is 0.417. The van der Waals surface area contributed by atoms with Crippen LogP contribution >= 0.6 is 0 Å². The van der Waals surface area contributed by atoms with Crippen molar-refractivity contribution >= 4 is 17.8 Å². The summed E-state index contributed by atoms with van der Waals surface area (Å²) in [6.45, 7) is 1.55. The van der Waals surface area contributed by atoms with Crippen molar-refractivity contribution in [2.45, 2.75) is 19.4 Å². The molecule has 0 aliphatic rings. The summed E-state index contributed by atoms with van der Waals surface area (Å²) < 4.78 is 4.95. The maximum Gasteiger partial charge on any atom is 0.311 e. The van der Waals surface area contributed by atoms with E-state index in [4.69, 9.17) is 9.52 Å². The number of hydrogen-bond donors (Lipinski definition) is 2. The first-order valence-corrected chi connectivity index (χ1v) is 5.63. The maximum atomic E-state index is 11.9. The highest BCUT2D eigenvalue weighted by Crippen LogP contribution is 2.11. The lowest BCUT2D eigenvalue weighted by molar-refractivity contribution is -0.136. The predicted octanol–water partition coefficient (Wildman–Crippen LogP) is 0.113. The number of nitrogens with zero attached hydrogens (tertiary/aromatic N) is 1. The van der Waals surface area contributed by atoms with Crippen LogP contribution in [-0.4, -0.2) is 47.9 Å². The quantitative estimate of drug-likeness (QED) is 0.789. The van der Waals surface area contributed by atoms with Crippen LogP contribution in [0.1, 0.15) is 23.0 Å². The Morgan fingerprint density at radius 2 is 2.05 bits per heavy atom. The Kier molecular flexibility index (Phi) is 4.68. The van der Waals surface area contributed by atoms with Gasteiger partial charge in [0.2, 0.25) is 5.91 Å².